The minimum absolute atomic E-state index is 0.289. The van der Waals surface area contributed by atoms with E-state index >= 15 is 0 Å². The lowest BCUT2D eigenvalue weighted by Crippen LogP contribution is -2.52. The molecule has 2 heterocycles. The van der Waals surface area contributed by atoms with Crippen molar-refractivity contribution in [2.45, 2.75) is 19.6 Å². The summed E-state index contributed by atoms with van der Waals surface area (Å²) in [4.78, 5) is 29.5. The van der Waals surface area contributed by atoms with Crippen molar-refractivity contribution in [3.8, 4) is 0 Å². The fraction of sp³-hybridized carbons (Fsp3) is 0.500. The van der Waals surface area contributed by atoms with Gasteiger partial charge in [-0.25, -0.2) is 9.18 Å². The summed E-state index contributed by atoms with van der Waals surface area (Å²) in [6.45, 7) is 5.44. The topological polar surface area (TPSA) is 73.3 Å². The van der Waals surface area contributed by atoms with Gasteiger partial charge in [0.1, 0.15) is 11.9 Å². The van der Waals surface area contributed by atoms with E-state index in [1.807, 2.05) is 6.08 Å². The first-order chi connectivity index (χ1) is 13.5. The summed E-state index contributed by atoms with van der Waals surface area (Å²) >= 11 is 0. The summed E-state index contributed by atoms with van der Waals surface area (Å²) in [5.41, 5.74) is 0.792. The van der Waals surface area contributed by atoms with Crippen LogP contribution in [0.15, 0.2) is 36.5 Å². The summed E-state index contributed by atoms with van der Waals surface area (Å²) < 4.78 is 18.0. The van der Waals surface area contributed by atoms with Crippen LogP contribution in [0.3, 0.4) is 0 Å². The number of carbonyl (C=O) groups is 2. The number of benzene rings is 1. The smallest absolute Gasteiger partial charge is 0.409 e. The normalized spacial score (nSPS) is 23.2. The molecule has 8 heteroatoms. The molecule has 152 valence electrons. The molecule has 3 rings (SSSR count). The number of aliphatic hydroxyl groups is 1. The van der Waals surface area contributed by atoms with Crippen LogP contribution in [-0.4, -0.2) is 77.2 Å². The van der Waals surface area contributed by atoms with E-state index in [0.717, 1.165) is 5.56 Å². The van der Waals surface area contributed by atoms with Crippen molar-refractivity contribution in [2.75, 3.05) is 39.3 Å². The quantitative estimate of drug-likeness (QED) is 0.822. The Morgan fingerprint density at radius 2 is 1.89 bits per heavy atom. The van der Waals surface area contributed by atoms with Crippen LogP contribution >= 0.6 is 0 Å². The average molecular weight is 391 g/mol. The molecule has 1 aromatic rings. The maximum absolute atomic E-state index is 13.0. The number of amides is 2. The molecule has 0 radical (unpaired) electrons. The van der Waals surface area contributed by atoms with Gasteiger partial charge < -0.3 is 19.6 Å². The summed E-state index contributed by atoms with van der Waals surface area (Å²) in [6, 6.07) is 5.95. The molecule has 28 heavy (non-hydrogen) atoms. The fourth-order valence-electron chi connectivity index (χ4n) is 3.45. The summed E-state index contributed by atoms with van der Waals surface area (Å²) in [6.07, 6.45) is 2.12. The van der Waals surface area contributed by atoms with Gasteiger partial charge in [-0.05, 0) is 24.6 Å². The maximum atomic E-state index is 13.0. The lowest BCUT2D eigenvalue weighted by molar-refractivity contribution is -0.141. The van der Waals surface area contributed by atoms with Crippen LogP contribution in [0.2, 0.25) is 0 Å². The molecule has 0 bridgehead atoms. The Bertz CT molecular complexity index is 717. The molecule has 2 unspecified atom stereocenters. The molecule has 1 N–H and O–H groups in total. The summed E-state index contributed by atoms with van der Waals surface area (Å²) in [5, 5.41) is 10.5. The molecule has 0 saturated carbocycles. The van der Waals surface area contributed by atoms with Crippen molar-refractivity contribution >= 4 is 12.0 Å². The van der Waals surface area contributed by atoms with E-state index in [-0.39, 0.29) is 30.3 Å². The standard InChI is InChI=1S/C20H26FN3O4/c1-2-28-20(27)23-11-9-22(10-12-23)14-16-7-8-24(19(26)18(16)25)13-15-3-5-17(21)6-4-15/h3-8,16,18,25H,2,9-14H2,1H3. The van der Waals surface area contributed by atoms with Crippen LogP contribution < -0.4 is 0 Å². The molecule has 2 aliphatic heterocycles. The van der Waals surface area contributed by atoms with Crippen LogP contribution in [0.1, 0.15) is 12.5 Å². The highest BCUT2D eigenvalue weighted by molar-refractivity contribution is 5.83. The van der Waals surface area contributed by atoms with Crippen LogP contribution in [0.25, 0.3) is 0 Å². The highest BCUT2D eigenvalue weighted by atomic mass is 19.1. The highest BCUT2D eigenvalue weighted by Gasteiger charge is 2.33. The second-order valence-electron chi connectivity index (χ2n) is 7.03. The monoisotopic (exact) mass is 391 g/mol. The number of carbonyl (C=O) groups excluding carboxylic acids is 2. The van der Waals surface area contributed by atoms with Crippen molar-refractivity contribution in [3.05, 3.63) is 47.9 Å². The van der Waals surface area contributed by atoms with Gasteiger partial charge in [0.05, 0.1) is 13.2 Å². The molecule has 1 fully saturated rings. The van der Waals surface area contributed by atoms with Gasteiger partial charge in [0, 0.05) is 44.8 Å². The maximum Gasteiger partial charge on any atom is 0.409 e. The van der Waals surface area contributed by atoms with Crippen LogP contribution in [0.4, 0.5) is 9.18 Å². The number of hydrogen-bond acceptors (Lipinski definition) is 5. The molecule has 0 aliphatic carbocycles. The van der Waals surface area contributed by atoms with Crippen LogP contribution in [0.5, 0.6) is 0 Å². The second kappa shape index (κ2) is 9.16. The van der Waals surface area contributed by atoms with E-state index in [9.17, 15) is 19.1 Å². The van der Waals surface area contributed by atoms with Gasteiger partial charge in [0.15, 0.2) is 0 Å². The third-order valence-electron chi connectivity index (χ3n) is 5.09. The number of halogens is 1. The van der Waals surface area contributed by atoms with E-state index in [1.54, 1.807) is 30.2 Å². The second-order valence-corrected chi connectivity index (χ2v) is 7.03. The molecule has 2 atom stereocenters. The van der Waals surface area contributed by atoms with E-state index in [1.165, 1.54) is 17.0 Å². The van der Waals surface area contributed by atoms with Gasteiger partial charge in [0.25, 0.3) is 5.91 Å². The van der Waals surface area contributed by atoms with Gasteiger partial charge in [0.2, 0.25) is 0 Å². The van der Waals surface area contributed by atoms with Gasteiger partial charge >= 0.3 is 6.09 Å². The zero-order valence-electron chi connectivity index (χ0n) is 16.0. The number of nitrogens with zero attached hydrogens (tertiary/aromatic N) is 3. The van der Waals surface area contributed by atoms with Gasteiger partial charge in [-0.15, -0.1) is 0 Å². The largest absolute Gasteiger partial charge is 0.450 e. The SMILES string of the molecule is CCOC(=O)N1CCN(CC2C=CN(Cc3ccc(F)cc3)C(=O)C2O)CC1. The molecule has 0 aromatic heterocycles. The average Bonchev–Trinajstić information content (AvgIpc) is 2.70. The Balaban J connectivity index is 1.53. The van der Waals surface area contributed by atoms with Crippen molar-refractivity contribution in [1.29, 1.82) is 0 Å². The third kappa shape index (κ3) is 4.88. The number of hydrogen-bond donors (Lipinski definition) is 1. The fourth-order valence-corrected chi connectivity index (χ4v) is 3.45. The Kier molecular flexibility index (Phi) is 6.64. The minimum atomic E-state index is -1.12. The lowest BCUT2D eigenvalue weighted by Gasteiger charge is -2.37. The molecule has 2 amide bonds. The van der Waals surface area contributed by atoms with E-state index < -0.39 is 6.10 Å². The first kappa shape index (κ1) is 20.3. The van der Waals surface area contributed by atoms with E-state index in [0.29, 0.717) is 39.3 Å². The Morgan fingerprint density at radius 1 is 1.21 bits per heavy atom. The molecule has 7 nitrogen and oxygen atoms in total. The predicted octanol–water partition coefficient (Wildman–Crippen LogP) is 1.43. The molecular formula is C20H26FN3O4. The van der Waals surface area contributed by atoms with E-state index in [2.05, 4.69) is 4.90 Å². The summed E-state index contributed by atoms with van der Waals surface area (Å²) in [5.74, 6) is -0.986. The number of ether oxygens (including phenoxy) is 1. The molecule has 1 aromatic carbocycles. The first-order valence-corrected chi connectivity index (χ1v) is 9.53. The van der Waals surface area contributed by atoms with Crippen LogP contribution in [0, 0.1) is 11.7 Å². The zero-order chi connectivity index (χ0) is 20.1. The Labute approximate surface area is 164 Å². The van der Waals surface area contributed by atoms with Gasteiger partial charge in [-0.3, -0.25) is 9.69 Å². The van der Waals surface area contributed by atoms with Crippen LogP contribution in [-0.2, 0) is 16.1 Å². The lowest BCUT2D eigenvalue weighted by atomic mass is 9.97. The van der Waals surface area contributed by atoms with Crippen molar-refractivity contribution in [3.63, 3.8) is 0 Å². The predicted molar refractivity (Wildman–Crippen MR) is 101 cm³/mol. The van der Waals surface area contributed by atoms with E-state index in [4.69, 9.17) is 4.74 Å². The number of piperazine rings is 1. The molecule has 0 spiro atoms. The van der Waals surface area contributed by atoms with Gasteiger partial charge in [-0.2, -0.15) is 0 Å². The van der Waals surface area contributed by atoms with Crippen molar-refractivity contribution < 1.29 is 23.8 Å². The third-order valence-corrected chi connectivity index (χ3v) is 5.09. The van der Waals surface area contributed by atoms with Crippen molar-refractivity contribution in [2.24, 2.45) is 5.92 Å². The molecule has 1 saturated heterocycles. The number of rotatable bonds is 5. The zero-order valence-corrected chi connectivity index (χ0v) is 16.0. The van der Waals surface area contributed by atoms with Crippen molar-refractivity contribution in [1.82, 2.24) is 14.7 Å². The minimum Gasteiger partial charge on any atom is -0.450 e. The van der Waals surface area contributed by atoms with Gasteiger partial charge in [-0.1, -0.05) is 18.2 Å². The molecule has 2 aliphatic rings. The molecular weight excluding hydrogens is 365 g/mol. The Hall–Kier alpha value is -2.45. The Morgan fingerprint density at radius 3 is 2.54 bits per heavy atom. The number of aliphatic hydroxyl groups excluding tert-OH is 1. The first-order valence-electron chi connectivity index (χ1n) is 9.53. The summed E-state index contributed by atoms with van der Waals surface area (Å²) in [7, 11) is 0. The highest BCUT2D eigenvalue weighted by Crippen LogP contribution is 2.20.